The highest BCUT2D eigenvalue weighted by molar-refractivity contribution is 9.10. The van der Waals surface area contributed by atoms with Crippen molar-refractivity contribution in [3.8, 4) is 6.07 Å². The Morgan fingerprint density at radius 3 is 2.80 bits per heavy atom. The molecule has 100 valence electrons. The summed E-state index contributed by atoms with van der Waals surface area (Å²) in [6.45, 7) is 0. The molecule has 20 heavy (non-hydrogen) atoms. The Morgan fingerprint density at radius 1 is 1.45 bits per heavy atom. The van der Waals surface area contributed by atoms with Crippen LogP contribution in [0.1, 0.15) is 15.9 Å². The number of hydrogen-bond donors (Lipinski definition) is 1. The molecule has 0 spiro atoms. The second-order valence-electron chi connectivity index (χ2n) is 4.02. The lowest BCUT2D eigenvalue weighted by Crippen LogP contribution is -2.16. The molecule has 1 heterocycles. The van der Waals surface area contributed by atoms with E-state index < -0.39 is 5.97 Å². The standard InChI is InChI=1S/C14H10BrN3O2/c1-18(12-5-3-2-4-9(12)7-16)13-11(14(19)20)6-10(15)8-17-13/h2-6,8H,1H3,(H,19,20). The van der Waals surface area contributed by atoms with Crippen LogP contribution in [0.2, 0.25) is 0 Å². The highest BCUT2D eigenvalue weighted by Crippen LogP contribution is 2.29. The van der Waals surface area contributed by atoms with Crippen molar-refractivity contribution in [2.45, 2.75) is 0 Å². The third-order valence-electron chi connectivity index (χ3n) is 2.77. The van der Waals surface area contributed by atoms with Crippen LogP contribution in [-0.2, 0) is 0 Å². The molecule has 5 nitrogen and oxygen atoms in total. The van der Waals surface area contributed by atoms with Crippen LogP contribution in [-0.4, -0.2) is 23.1 Å². The molecule has 0 unspecified atom stereocenters. The maximum Gasteiger partial charge on any atom is 0.339 e. The molecule has 1 aromatic heterocycles. The normalized spacial score (nSPS) is 9.85. The number of nitrogens with zero attached hydrogens (tertiary/aromatic N) is 3. The number of anilines is 2. The molecular weight excluding hydrogens is 322 g/mol. The predicted octanol–water partition coefficient (Wildman–Crippen LogP) is 3.18. The van der Waals surface area contributed by atoms with Gasteiger partial charge in [0.05, 0.1) is 11.3 Å². The minimum absolute atomic E-state index is 0.0645. The Hall–Kier alpha value is -2.39. The first-order valence-electron chi connectivity index (χ1n) is 5.66. The van der Waals surface area contributed by atoms with Crippen molar-refractivity contribution in [2.75, 3.05) is 11.9 Å². The van der Waals surface area contributed by atoms with Gasteiger partial charge >= 0.3 is 5.97 Å². The largest absolute Gasteiger partial charge is 0.478 e. The summed E-state index contributed by atoms with van der Waals surface area (Å²) in [6, 6.07) is 10.5. The van der Waals surface area contributed by atoms with Crippen LogP contribution in [0, 0.1) is 11.3 Å². The summed E-state index contributed by atoms with van der Waals surface area (Å²) in [6.07, 6.45) is 1.52. The molecule has 0 atom stereocenters. The SMILES string of the molecule is CN(c1ccccc1C#N)c1ncc(Br)cc1C(=O)O. The summed E-state index contributed by atoms with van der Waals surface area (Å²) in [5.74, 6) is -0.793. The summed E-state index contributed by atoms with van der Waals surface area (Å²) < 4.78 is 0.584. The van der Waals surface area contributed by atoms with Crippen LogP contribution in [0.4, 0.5) is 11.5 Å². The summed E-state index contributed by atoms with van der Waals surface area (Å²) in [5, 5.41) is 18.4. The van der Waals surface area contributed by atoms with Gasteiger partial charge < -0.3 is 10.0 Å². The highest BCUT2D eigenvalue weighted by atomic mass is 79.9. The Morgan fingerprint density at radius 2 is 2.15 bits per heavy atom. The van der Waals surface area contributed by atoms with Crippen LogP contribution >= 0.6 is 15.9 Å². The van der Waals surface area contributed by atoms with Crippen molar-refractivity contribution in [1.29, 1.82) is 5.26 Å². The van der Waals surface area contributed by atoms with Gasteiger partial charge in [-0.1, -0.05) is 12.1 Å². The number of carboxylic acid groups (broad SMARTS) is 1. The molecule has 0 radical (unpaired) electrons. The maximum atomic E-state index is 11.3. The van der Waals surface area contributed by atoms with E-state index in [0.717, 1.165) is 0 Å². The monoisotopic (exact) mass is 331 g/mol. The quantitative estimate of drug-likeness (QED) is 0.934. The Bertz CT molecular complexity index is 710. The third kappa shape index (κ3) is 2.63. The van der Waals surface area contributed by atoms with E-state index in [1.54, 1.807) is 36.2 Å². The van der Waals surface area contributed by atoms with Crippen LogP contribution in [0.3, 0.4) is 0 Å². The summed E-state index contributed by atoms with van der Waals surface area (Å²) in [4.78, 5) is 17.0. The fraction of sp³-hybridized carbons (Fsp3) is 0.0714. The van der Waals surface area contributed by atoms with Gasteiger partial charge in [0.25, 0.3) is 0 Å². The highest BCUT2D eigenvalue weighted by Gasteiger charge is 2.18. The molecule has 0 aliphatic rings. The average Bonchev–Trinajstić information content (AvgIpc) is 2.46. The van der Waals surface area contributed by atoms with Crippen molar-refractivity contribution >= 4 is 33.4 Å². The first-order valence-corrected chi connectivity index (χ1v) is 6.45. The van der Waals surface area contributed by atoms with Gasteiger partial charge in [0.2, 0.25) is 0 Å². The molecule has 0 saturated heterocycles. The fourth-order valence-electron chi connectivity index (χ4n) is 1.83. The zero-order valence-corrected chi connectivity index (χ0v) is 12.1. The first kappa shape index (κ1) is 14.0. The number of halogens is 1. The number of aromatic nitrogens is 1. The van der Waals surface area contributed by atoms with Crippen LogP contribution < -0.4 is 4.90 Å². The van der Waals surface area contributed by atoms with Crippen LogP contribution in [0.15, 0.2) is 41.0 Å². The van der Waals surface area contributed by atoms with Crippen molar-refractivity contribution in [3.05, 3.63) is 52.1 Å². The summed E-state index contributed by atoms with van der Waals surface area (Å²) in [5.41, 5.74) is 1.12. The van der Waals surface area contributed by atoms with E-state index in [2.05, 4.69) is 27.0 Å². The predicted molar refractivity (Wildman–Crippen MR) is 78.1 cm³/mol. The van der Waals surface area contributed by atoms with Crippen LogP contribution in [0.25, 0.3) is 0 Å². The number of carboxylic acids is 1. The first-order chi connectivity index (χ1) is 9.54. The lowest BCUT2D eigenvalue weighted by Gasteiger charge is -2.21. The minimum atomic E-state index is -1.07. The second kappa shape index (κ2) is 5.72. The molecule has 0 fully saturated rings. The average molecular weight is 332 g/mol. The van der Waals surface area contributed by atoms with Crippen molar-refractivity contribution in [3.63, 3.8) is 0 Å². The molecule has 0 aliphatic carbocycles. The molecular formula is C14H10BrN3O2. The van der Waals surface area contributed by atoms with Crippen LogP contribution in [0.5, 0.6) is 0 Å². The summed E-state index contributed by atoms with van der Waals surface area (Å²) >= 11 is 3.20. The van der Waals surface area contributed by atoms with E-state index >= 15 is 0 Å². The van der Waals surface area contributed by atoms with Gasteiger partial charge in [-0.25, -0.2) is 9.78 Å². The number of nitriles is 1. The number of para-hydroxylation sites is 1. The number of pyridine rings is 1. The minimum Gasteiger partial charge on any atom is -0.478 e. The topological polar surface area (TPSA) is 77.2 Å². The van der Waals surface area contributed by atoms with Gasteiger partial charge in [-0.2, -0.15) is 5.26 Å². The zero-order chi connectivity index (χ0) is 14.7. The van der Waals surface area contributed by atoms with E-state index in [0.29, 0.717) is 15.7 Å². The van der Waals surface area contributed by atoms with E-state index in [-0.39, 0.29) is 11.4 Å². The lowest BCUT2D eigenvalue weighted by atomic mass is 10.1. The second-order valence-corrected chi connectivity index (χ2v) is 4.93. The zero-order valence-electron chi connectivity index (χ0n) is 10.5. The molecule has 2 aromatic rings. The van der Waals surface area contributed by atoms with Gasteiger partial charge in [0.15, 0.2) is 0 Å². The molecule has 0 bridgehead atoms. The number of hydrogen-bond acceptors (Lipinski definition) is 4. The number of rotatable bonds is 3. The maximum absolute atomic E-state index is 11.3. The van der Waals surface area contributed by atoms with Gasteiger partial charge in [-0.3, -0.25) is 0 Å². The van der Waals surface area contributed by atoms with Gasteiger partial charge in [-0.05, 0) is 34.1 Å². The van der Waals surface area contributed by atoms with E-state index in [4.69, 9.17) is 5.26 Å². The molecule has 0 aliphatic heterocycles. The van der Waals surface area contributed by atoms with Gasteiger partial charge in [0.1, 0.15) is 17.5 Å². The molecule has 1 N–H and O–H groups in total. The number of aromatic carboxylic acids is 1. The van der Waals surface area contributed by atoms with E-state index in [1.165, 1.54) is 12.3 Å². The fourth-order valence-corrected chi connectivity index (χ4v) is 2.16. The smallest absolute Gasteiger partial charge is 0.339 e. The Balaban J connectivity index is 2.57. The molecule has 1 aromatic carbocycles. The molecule has 6 heteroatoms. The Kier molecular flexibility index (Phi) is 4.01. The van der Waals surface area contributed by atoms with E-state index in [1.807, 2.05) is 0 Å². The number of carbonyl (C=O) groups is 1. The molecule has 2 rings (SSSR count). The van der Waals surface area contributed by atoms with Gasteiger partial charge in [0, 0.05) is 17.7 Å². The van der Waals surface area contributed by atoms with Crippen molar-refractivity contribution in [1.82, 2.24) is 4.98 Å². The van der Waals surface area contributed by atoms with Crippen molar-refractivity contribution < 1.29 is 9.90 Å². The molecule has 0 amide bonds. The lowest BCUT2D eigenvalue weighted by molar-refractivity contribution is 0.0697. The van der Waals surface area contributed by atoms with E-state index in [9.17, 15) is 9.90 Å². The Labute approximate surface area is 124 Å². The molecule has 0 saturated carbocycles. The van der Waals surface area contributed by atoms with Gasteiger partial charge in [-0.15, -0.1) is 0 Å². The summed E-state index contributed by atoms with van der Waals surface area (Å²) in [7, 11) is 1.68. The van der Waals surface area contributed by atoms with Crippen molar-refractivity contribution in [2.24, 2.45) is 0 Å². The number of benzene rings is 1. The third-order valence-corrected chi connectivity index (χ3v) is 3.20.